The topological polar surface area (TPSA) is 73.6 Å². The van der Waals surface area contributed by atoms with E-state index in [4.69, 9.17) is 15.0 Å². The molecule has 0 saturated heterocycles. The summed E-state index contributed by atoms with van der Waals surface area (Å²) in [5, 5.41) is 4.10. The number of nitrogens with two attached hydrogens (primary N) is 1. The molecule has 1 aliphatic heterocycles. The highest BCUT2D eigenvalue weighted by molar-refractivity contribution is 5.75. The molecule has 1 aromatic heterocycles. The molecule has 1 aliphatic carbocycles. The summed E-state index contributed by atoms with van der Waals surface area (Å²) < 4.78 is 10.8. The van der Waals surface area contributed by atoms with Crippen LogP contribution in [0.15, 0.2) is 27.7 Å². The fourth-order valence-electron chi connectivity index (χ4n) is 3.69. The summed E-state index contributed by atoms with van der Waals surface area (Å²) in [6, 6.07) is 6.78. The normalized spacial score (nSPS) is 23.3. The monoisotopic (exact) mass is 297 g/mol. The lowest BCUT2D eigenvalue weighted by Crippen LogP contribution is -2.35. The summed E-state index contributed by atoms with van der Waals surface area (Å²) in [5.74, 6) is 0.858. The molecule has 0 radical (unpaired) electrons. The van der Waals surface area contributed by atoms with Crippen LogP contribution >= 0.6 is 0 Å². The minimum absolute atomic E-state index is 0.202. The average Bonchev–Trinajstić information content (AvgIpc) is 3.02. The number of rotatable bonds is 1. The second kappa shape index (κ2) is 4.60. The third kappa shape index (κ3) is 1.92. The highest BCUT2D eigenvalue weighted by atomic mass is 16.5. The number of ether oxygens (including phenoxy) is 1. The molecule has 2 aliphatic rings. The first-order valence-corrected chi connectivity index (χ1v) is 7.60. The van der Waals surface area contributed by atoms with Crippen LogP contribution < -0.4 is 5.73 Å². The van der Waals surface area contributed by atoms with Crippen LogP contribution in [0.25, 0.3) is 11.1 Å². The summed E-state index contributed by atoms with van der Waals surface area (Å²) in [7, 11) is 0. The van der Waals surface area contributed by atoms with Gasteiger partial charge in [-0.15, -0.1) is 0 Å². The molecule has 2 heterocycles. The van der Waals surface area contributed by atoms with Crippen molar-refractivity contribution in [3.05, 3.63) is 40.8 Å². The van der Waals surface area contributed by atoms with E-state index in [1.807, 2.05) is 13.8 Å². The van der Waals surface area contributed by atoms with Gasteiger partial charge >= 0.3 is 0 Å². The molecule has 2 N–H and O–H groups in total. The van der Waals surface area contributed by atoms with Gasteiger partial charge in [-0.1, -0.05) is 23.4 Å². The molecule has 0 saturated carbocycles. The van der Waals surface area contributed by atoms with Crippen molar-refractivity contribution in [1.29, 1.82) is 0 Å². The molecule has 114 valence electrons. The first kappa shape index (κ1) is 13.4. The predicted molar refractivity (Wildman–Crippen MR) is 83.7 cm³/mol. The molecule has 1 unspecified atom stereocenters. The highest BCUT2D eigenvalue weighted by Crippen LogP contribution is 2.40. The van der Waals surface area contributed by atoms with Crippen LogP contribution in [-0.2, 0) is 17.6 Å². The molecule has 22 heavy (non-hydrogen) atoms. The lowest BCUT2D eigenvalue weighted by Gasteiger charge is -2.31. The standard InChI is InChI=1S/C17H19N3O2/c1-10-15(11(2)22-20-10)13-5-3-4-12-6-7-17(8-14(12)13)9-21-16(18)19-17/h3-5H,6-9H2,1-2H3,(H2,18,19). The second-order valence-corrected chi connectivity index (χ2v) is 6.28. The zero-order valence-corrected chi connectivity index (χ0v) is 12.8. The van der Waals surface area contributed by atoms with E-state index in [-0.39, 0.29) is 5.54 Å². The molecule has 1 atom stereocenters. The van der Waals surface area contributed by atoms with Crippen LogP contribution in [0.3, 0.4) is 0 Å². The molecular formula is C17H19N3O2. The third-order valence-corrected chi connectivity index (χ3v) is 4.78. The van der Waals surface area contributed by atoms with Gasteiger partial charge in [0.25, 0.3) is 6.02 Å². The molecule has 0 fully saturated rings. The molecule has 1 spiro atoms. The Hall–Kier alpha value is -2.30. The van der Waals surface area contributed by atoms with Crippen molar-refractivity contribution in [2.45, 2.75) is 38.6 Å². The van der Waals surface area contributed by atoms with Crippen molar-refractivity contribution < 1.29 is 9.26 Å². The highest BCUT2D eigenvalue weighted by Gasteiger charge is 2.40. The van der Waals surface area contributed by atoms with E-state index in [0.29, 0.717) is 12.6 Å². The predicted octanol–water partition coefficient (Wildman–Crippen LogP) is 2.53. The van der Waals surface area contributed by atoms with Crippen LogP contribution in [0.2, 0.25) is 0 Å². The van der Waals surface area contributed by atoms with Crippen molar-refractivity contribution in [2.75, 3.05) is 6.61 Å². The molecule has 2 aromatic rings. The largest absolute Gasteiger partial charge is 0.463 e. The van der Waals surface area contributed by atoms with Crippen LogP contribution in [0.1, 0.15) is 29.0 Å². The summed E-state index contributed by atoms with van der Waals surface area (Å²) in [6.45, 7) is 4.52. The quantitative estimate of drug-likeness (QED) is 0.877. The Morgan fingerprint density at radius 2 is 2.14 bits per heavy atom. The fraction of sp³-hybridized carbons (Fsp3) is 0.412. The van der Waals surface area contributed by atoms with Gasteiger partial charge in [-0.2, -0.15) is 0 Å². The van der Waals surface area contributed by atoms with Crippen LogP contribution in [0, 0.1) is 13.8 Å². The van der Waals surface area contributed by atoms with Crippen LogP contribution in [0.4, 0.5) is 0 Å². The molecule has 1 aromatic carbocycles. The zero-order valence-electron chi connectivity index (χ0n) is 12.8. The number of hydrogen-bond donors (Lipinski definition) is 1. The first-order valence-electron chi connectivity index (χ1n) is 7.60. The Kier molecular flexibility index (Phi) is 2.79. The fourth-order valence-corrected chi connectivity index (χ4v) is 3.69. The molecule has 5 heteroatoms. The molecule has 5 nitrogen and oxygen atoms in total. The summed E-state index contributed by atoms with van der Waals surface area (Å²) in [6.07, 6.45) is 2.82. The van der Waals surface area contributed by atoms with E-state index in [1.54, 1.807) is 0 Å². The van der Waals surface area contributed by atoms with Crippen LogP contribution in [0.5, 0.6) is 0 Å². The van der Waals surface area contributed by atoms with E-state index < -0.39 is 0 Å². The van der Waals surface area contributed by atoms with Gasteiger partial charge < -0.3 is 15.0 Å². The maximum atomic E-state index is 5.74. The zero-order chi connectivity index (χ0) is 15.3. The number of nitrogens with zero attached hydrogens (tertiary/aromatic N) is 2. The van der Waals surface area contributed by atoms with Gasteiger partial charge in [-0.05, 0) is 43.4 Å². The molecule has 0 bridgehead atoms. The Bertz CT molecular complexity index is 759. The van der Waals surface area contributed by atoms with Gasteiger partial charge in [-0.25, -0.2) is 4.99 Å². The third-order valence-electron chi connectivity index (χ3n) is 4.78. The number of aliphatic imine (C=N–C) groups is 1. The minimum Gasteiger partial charge on any atom is -0.463 e. The Morgan fingerprint density at radius 3 is 2.82 bits per heavy atom. The van der Waals surface area contributed by atoms with Gasteiger partial charge in [0.05, 0.1) is 5.69 Å². The van der Waals surface area contributed by atoms with E-state index >= 15 is 0 Å². The van der Waals surface area contributed by atoms with Gasteiger partial charge in [0, 0.05) is 12.0 Å². The number of fused-ring (bicyclic) bond motifs is 1. The number of aryl methyl sites for hydroxylation is 3. The van der Waals surface area contributed by atoms with Crippen molar-refractivity contribution in [3.63, 3.8) is 0 Å². The minimum atomic E-state index is -0.202. The van der Waals surface area contributed by atoms with E-state index in [9.17, 15) is 0 Å². The SMILES string of the molecule is Cc1noc(C)c1-c1cccc2c1CC1(CC2)COC(N)=N1. The number of aromatic nitrogens is 1. The first-order chi connectivity index (χ1) is 10.6. The van der Waals surface area contributed by atoms with Gasteiger partial charge in [-0.3, -0.25) is 0 Å². The lowest BCUT2D eigenvalue weighted by molar-refractivity contribution is 0.235. The molecular weight excluding hydrogens is 278 g/mol. The van der Waals surface area contributed by atoms with Crippen molar-refractivity contribution in [2.24, 2.45) is 10.7 Å². The Morgan fingerprint density at radius 1 is 1.27 bits per heavy atom. The van der Waals surface area contributed by atoms with Crippen LogP contribution in [-0.4, -0.2) is 23.3 Å². The molecule has 4 rings (SSSR count). The lowest BCUT2D eigenvalue weighted by atomic mass is 9.76. The van der Waals surface area contributed by atoms with Crippen molar-refractivity contribution in [1.82, 2.24) is 5.16 Å². The van der Waals surface area contributed by atoms with Crippen molar-refractivity contribution >= 4 is 6.02 Å². The van der Waals surface area contributed by atoms with Gasteiger partial charge in [0.2, 0.25) is 0 Å². The number of amidine groups is 1. The van der Waals surface area contributed by atoms with E-state index in [0.717, 1.165) is 36.3 Å². The summed E-state index contributed by atoms with van der Waals surface area (Å²) in [5.41, 5.74) is 11.5. The van der Waals surface area contributed by atoms with Crippen molar-refractivity contribution in [3.8, 4) is 11.1 Å². The van der Waals surface area contributed by atoms with Gasteiger partial charge in [0.1, 0.15) is 17.9 Å². The number of benzene rings is 1. The summed E-state index contributed by atoms with van der Waals surface area (Å²) in [4.78, 5) is 4.58. The average molecular weight is 297 g/mol. The smallest absolute Gasteiger partial charge is 0.282 e. The summed E-state index contributed by atoms with van der Waals surface area (Å²) >= 11 is 0. The van der Waals surface area contributed by atoms with Gasteiger partial charge in [0.15, 0.2) is 0 Å². The Balaban J connectivity index is 1.85. The number of hydrogen-bond acceptors (Lipinski definition) is 5. The maximum Gasteiger partial charge on any atom is 0.282 e. The van der Waals surface area contributed by atoms with E-state index in [1.165, 1.54) is 16.7 Å². The molecule has 0 amide bonds. The maximum absolute atomic E-state index is 5.74. The Labute approximate surface area is 129 Å². The van der Waals surface area contributed by atoms with E-state index in [2.05, 4.69) is 28.3 Å². The second-order valence-electron chi connectivity index (χ2n) is 6.28.